The van der Waals surface area contributed by atoms with Crippen molar-refractivity contribution in [2.75, 3.05) is 13.1 Å². The topological polar surface area (TPSA) is 55.1 Å². The molecule has 0 aliphatic heterocycles. The van der Waals surface area contributed by atoms with Gasteiger partial charge in [0.1, 0.15) is 5.82 Å². The number of carbonyl (C=O) groups is 1. The Morgan fingerprint density at radius 2 is 2.05 bits per heavy atom. The van der Waals surface area contributed by atoms with Gasteiger partial charge in [0.2, 0.25) is 5.91 Å². The van der Waals surface area contributed by atoms with E-state index in [0.717, 1.165) is 31.2 Å². The van der Waals surface area contributed by atoms with Gasteiger partial charge in [-0.25, -0.2) is 4.39 Å². The smallest absolute Gasteiger partial charge is 0.224 e. The predicted molar refractivity (Wildman–Crippen MR) is 89.6 cm³/mol. The van der Waals surface area contributed by atoms with Crippen LogP contribution in [0.3, 0.4) is 0 Å². The van der Waals surface area contributed by atoms with Gasteiger partial charge in [0.15, 0.2) is 0 Å². The number of hydrogen-bond donors (Lipinski definition) is 2. The van der Waals surface area contributed by atoms with E-state index in [9.17, 15) is 9.18 Å². The highest BCUT2D eigenvalue weighted by atomic mass is 35.5. The van der Waals surface area contributed by atoms with Crippen molar-refractivity contribution in [3.8, 4) is 0 Å². The van der Waals surface area contributed by atoms with Crippen LogP contribution in [-0.4, -0.2) is 19.0 Å². The molecule has 1 aromatic carbocycles. The molecule has 22 heavy (non-hydrogen) atoms. The van der Waals surface area contributed by atoms with Gasteiger partial charge in [0.05, 0.1) is 0 Å². The lowest BCUT2D eigenvalue weighted by molar-refractivity contribution is -0.124. The second kappa shape index (κ2) is 8.49. The summed E-state index contributed by atoms with van der Waals surface area (Å²) >= 11 is 0. The molecule has 0 saturated heterocycles. The molecule has 1 amide bonds. The molecule has 124 valence electrons. The van der Waals surface area contributed by atoms with Crippen LogP contribution in [0.2, 0.25) is 0 Å². The van der Waals surface area contributed by atoms with Crippen LogP contribution in [0.25, 0.3) is 0 Å². The van der Waals surface area contributed by atoms with Crippen LogP contribution in [0.4, 0.5) is 4.39 Å². The Kier molecular flexibility index (Phi) is 7.30. The quantitative estimate of drug-likeness (QED) is 0.872. The number of hydrogen-bond acceptors (Lipinski definition) is 2. The Bertz CT molecular complexity index is 489. The molecule has 1 aliphatic rings. The van der Waals surface area contributed by atoms with Gasteiger partial charge in [0, 0.05) is 24.4 Å². The van der Waals surface area contributed by atoms with Crippen molar-refractivity contribution < 1.29 is 9.18 Å². The lowest BCUT2D eigenvalue weighted by atomic mass is 9.69. The van der Waals surface area contributed by atoms with Crippen LogP contribution in [0.5, 0.6) is 0 Å². The number of amides is 1. The molecule has 1 saturated carbocycles. The summed E-state index contributed by atoms with van der Waals surface area (Å²) in [7, 11) is 0. The maximum absolute atomic E-state index is 13.6. The van der Waals surface area contributed by atoms with E-state index in [1.165, 1.54) is 12.5 Å². The monoisotopic (exact) mass is 328 g/mol. The van der Waals surface area contributed by atoms with Crippen LogP contribution in [0.15, 0.2) is 24.3 Å². The first-order chi connectivity index (χ1) is 10.1. The lowest BCUT2D eigenvalue weighted by Gasteiger charge is -2.38. The highest BCUT2D eigenvalue weighted by Gasteiger charge is 2.34. The molecule has 0 spiro atoms. The highest BCUT2D eigenvalue weighted by Crippen LogP contribution is 2.39. The molecular formula is C17H26ClFN2O. The van der Waals surface area contributed by atoms with Crippen molar-refractivity contribution in [1.29, 1.82) is 0 Å². The van der Waals surface area contributed by atoms with Gasteiger partial charge in [-0.05, 0) is 30.5 Å². The zero-order valence-electron chi connectivity index (χ0n) is 13.1. The van der Waals surface area contributed by atoms with Crippen LogP contribution >= 0.6 is 12.4 Å². The summed E-state index contributed by atoms with van der Waals surface area (Å²) in [6.07, 6.45) is 5.45. The molecule has 0 aromatic heterocycles. The molecule has 1 fully saturated rings. The molecule has 0 radical (unpaired) electrons. The molecule has 0 heterocycles. The summed E-state index contributed by atoms with van der Waals surface area (Å²) in [5, 5.41) is 3.02. The van der Waals surface area contributed by atoms with Gasteiger partial charge < -0.3 is 11.1 Å². The minimum absolute atomic E-state index is 0. The van der Waals surface area contributed by atoms with Crippen LogP contribution in [0, 0.1) is 11.7 Å². The number of rotatable bonds is 5. The third kappa shape index (κ3) is 4.43. The Hall–Kier alpha value is -1.13. The van der Waals surface area contributed by atoms with E-state index >= 15 is 0 Å². The molecule has 3 N–H and O–H groups in total. The zero-order valence-corrected chi connectivity index (χ0v) is 13.9. The summed E-state index contributed by atoms with van der Waals surface area (Å²) in [6, 6.07) is 6.82. The summed E-state index contributed by atoms with van der Waals surface area (Å²) in [5.41, 5.74) is 6.40. The average Bonchev–Trinajstić information content (AvgIpc) is 2.52. The van der Waals surface area contributed by atoms with E-state index in [4.69, 9.17) is 5.73 Å². The molecule has 0 bridgehead atoms. The van der Waals surface area contributed by atoms with Crippen molar-refractivity contribution in [2.45, 2.75) is 44.4 Å². The fraction of sp³-hybridized carbons (Fsp3) is 0.588. The largest absolute Gasteiger partial charge is 0.355 e. The van der Waals surface area contributed by atoms with Crippen molar-refractivity contribution in [1.82, 2.24) is 5.32 Å². The number of benzene rings is 1. The van der Waals surface area contributed by atoms with Gasteiger partial charge in [-0.15, -0.1) is 12.4 Å². The van der Waals surface area contributed by atoms with E-state index in [1.54, 1.807) is 12.1 Å². The van der Waals surface area contributed by atoms with Crippen LogP contribution in [-0.2, 0) is 10.2 Å². The summed E-state index contributed by atoms with van der Waals surface area (Å²) < 4.78 is 13.6. The Labute approximate surface area is 138 Å². The molecule has 1 unspecified atom stereocenters. The second-order valence-corrected chi connectivity index (χ2v) is 6.21. The maximum Gasteiger partial charge on any atom is 0.224 e. The van der Waals surface area contributed by atoms with E-state index in [0.29, 0.717) is 13.1 Å². The Balaban J connectivity index is 0.00000242. The fourth-order valence-electron chi connectivity index (χ4n) is 3.15. The minimum Gasteiger partial charge on any atom is -0.355 e. The van der Waals surface area contributed by atoms with Crippen LogP contribution in [0.1, 0.15) is 44.6 Å². The molecule has 3 nitrogen and oxygen atoms in total. The maximum atomic E-state index is 13.6. The first-order valence-corrected chi connectivity index (χ1v) is 7.81. The third-order valence-corrected chi connectivity index (χ3v) is 4.65. The number of halogens is 2. The SMILES string of the molecule is CC(CN)C(=O)NCC1(c2cccc(F)c2)CCCCC1.Cl. The summed E-state index contributed by atoms with van der Waals surface area (Å²) in [5.74, 6) is -0.406. The molecule has 2 rings (SSSR count). The minimum atomic E-state index is -0.209. The highest BCUT2D eigenvalue weighted by molar-refractivity contribution is 5.85. The van der Waals surface area contributed by atoms with Crippen molar-refractivity contribution >= 4 is 18.3 Å². The first-order valence-electron chi connectivity index (χ1n) is 7.81. The number of nitrogens with two attached hydrogens (primary N) is 1. The number of nitrogens with one attached hydrogen (secondary N) is 1. The Morgan fingerprint density at radius 1 is 1.36 bits per heavy atom. The third-order valence-electron chi connectivity index (χ3n) is 4.65. The van der Waals surface area contributed by atoms with E-state index in [1.807, 2.05) is 13.0 Å². The number of carbonyl (C=O) groups excluding carboxylic acids is 1. The normalized spacial score (nSPS) is 18.1. The van der Waals surface area contributed by atoms with Gasteiger partial charge in [-0.3, -0.25) is 4.79 Å². The van der Waals surface area contributed by atoms with Crippen LogP contribution < -0.4 is 11.1 Å². The standard InChI is InChI=1S/C17H25FN2O.ClH/c1-13(11-19)16(21)20-12-17(8-3-2-4-9-17)14-6-5-7-15(18)10-14;/h5-7,10,13H,2-4,8-9,11-12,19H2,1H3,(H,20,21);1H. The molecular weight excluding hydrogens is 303 g/mol. The predicted octanol–water partition coefficient (Wildman–Crippen LogP) is 3.16. The fourth-order valence-corrected chi connectivity index (χ4v) is 3.15. The average molecular weight is 329 g/mol. The molecule has 1 aromatic rings. The van der Waals surface area contributed by atoms with Crippen molar-refractivity contribution in [3.05, 3.63) is 35.6 Å². The first kappa shape index (κ1) is 18.9. The molecule has 1 aliphatic carbocycles. The summed E-state index contributed by atoms with van der Waals surface area (Å²) in [4.78, 5) is 12.0. The van der Waals surface area contributed by atoms with Gasteiger partial charge >= 0.3 is 0 Å². The van der Waals surface area contributed by atoms with Gasteiger partial charge in [0.25, 0.3) is 0 Å². The van der Waals surface area contributed by atoms with E-state index in [2.05, 4.69) is 5.32 Å². The van der Waals surface area contributed by atoms with E-state index in [-0.39, 0.29) is 35.5 Å². The lowest BCUT2D eigenvalue weighted by Crippen LogP contribution is -2.44. The van der Waals surface area contributed by atoms with Crippen molar-refractivity contribution in [2.24, 2.45) is 11.7 Å². The van der Waals surface area contributed by atoms with Crippen molar-refractivity contribution in [3.63, 3.8) is 0 Å². The molecule has 5 heteroatoms. The second-order valence-electron chi connectivity index (χ2n) is 6.21. The van der Waals surface area contributed by atoms with Gasteiger partial charge in [-0.2, -0.15) is 0 Å². The van der Waals surface area contributed by atoms with Gasteiger partial charge in [-0.1, -0.05) is 38.3 Å². The Morgan fingerprint density at radius 3 is 2.64 bits per heavy atom. The zero-order chi connectivity index (χ0) is 15.3. The van der Waals surface area contributed by atoms with E-state index < -0.39 is 0 Å². The molecule has 1 atom stereocenters. The summed E-state index contributed by atoms with van der Waals surface area (Å²) in [6.45, 7) is 2.74.